The third-order valence-corrected chi connectivity index (χ3v) is 3.60. The van der Waals surface area contributed by atoms with E-state index in [1.165, 1.54) is 0 Å². The average Bonchev–Trinajstić information content (AvgIpc) is 2.61. The first kappa shape index (κ1) is 15.7. The van der Waals surface area contributed by atoms with Gasteiger partial charge in [-0.2, -0.15) is 0 Å². The van der Waals surface area contributed by atoms with Crippen LogP contribution >= 0.6 is 0 Å². The summed E-state index contributed by atoms with van der Waals surface area (Å²) in [5.41, 5.74) is 5.85. The molecule has 0 saturated heterocycles. The van der Waals surface area contributed by atoms with Crippen molar-refractivity contribution in [2.75, 3.05) is 0 Å². The van der Waals surface area contributed by atoms with Crippen LogP contribution in [0.2, 0.25) is 0 Å². The minimum absolute atomic E-state index is 0.748. The molecule has 0 spiro atoms. The van der Waals surface area contributed by atoms with E-state index in [4.69, 9.17) is 7.85 Å². The molecule has 0 aromatic heterocycles. The smallest absolute Gasteiger partial charge is 0.0966 e. The topological polar surface area (TPSA) is 0 Å². The van der Waals surface area contributed by atoms with Crippen molar-refractivity contribution < 1.29 is 0 Å². The van der Waals surface area contributed by atoms with Crippen molar-refractivity contribution in [2.24, 2.45) is 0 Å². The monoisotopic (exact) mass is 302 g/mol. The molecule has 2 radical (unpaired) electrons. The molecule has 0 nitrogen and oxygen atoms in total. The molecular formula is C23H15B. The molecule has 0 saturated carbocycles. The van der Waals surface area contributed by atoms with Crippen molar-refractivity contribution in [3.8, 4) is 23.7 Å². The molecule has 24 heavy (non-hydrogen) atoms. The maximum atomic E-state index is 5.68. The zero-order valence-corrected chi connectivity index (χ0v) is 13.5. The van der Waals surface area contributed by atoms with Crippen molar-refractivity contribution in [1.29, 1.82) is 0 Å². The van der Waals surface area contributed by atoms with Crippen molar-refractivity contribution in [3.05, 3.63) is 101 Å². The van der Waals surface area contributed by atoms with Gasteiger partial charge in [0.1, 0.15) is 7.85 Å². The lowest BCUT2D eigenvalue weighted by molar-refractivity contribution is 1.42. The number of hydrogen-bond acceptors (Lipinski definition) is 0. The summed E-state index contributed by atoms with van der Waals surface area (Å²) in [6, 6.07) is 23.7. The Kier molecular flexibility index (Phi) is 4.85. The lowest BCUT2D eigenvalue weighted by Gasteiger charge is -1.99. The Morgan fingerprint density at radius 3 is 1.92 bits per heavy atom. The second-order valence-electron chi connectivity index (χ2n) is 5.52. The standard InChI is InChI=1S/C23H15B/c1-18-17-21(8-7-20-11-15-23(24)16-12-20)10-14-22(18)13-9-19-5-3-2-4-6-19/h2-6,10-12,14-17H,1H3. The first-order chi connectivity index (χ1) is 11.7. The summed E-state index contributed by atoms with van der Waals surface area (Å²) in [4.78, 5) is 0. The van der Waals surface area contributed by atoms with Crippen LogP contribution in [0.3, 0.4) is 0 Å². The molecule has 0 fully saturated rings. The second kappa shape index (κ2) is 7.41. The maximum absolute atomic E-state index is 5.68. The van der Waals surface area contributed by atoms with Gasteiger partial charge in [0.2, 0.25) is 0 Å². The van der Waals surface area contributed by atoms with Gasteiger partial charge in [0.15, 0.2) is 0 Å². The molecule has 0 N–H and O–H groups in total. The fourth-order valence-electron chi connectivity index (χ4n) is 2.25. The highest BCUT2D eigenvalue weighted by atomic mass is 14.0. The van der Waals surface area contributed by atoms with E-state index >= 15 is 0 Å². The van der Waals surface area contributed by atoms with Crippen LogP contribution in [0.25, 0.3) is 0 Å². The van der Waals surface area contributed by atoms with Gasteiger partial charge in [-0.15, -0.1) is 0 Å². The third-order valence-electron chi connectivity index (χ3n) is 3.60. The summed E-state index contributed by atoms with van der Waals surface area (Å²) in [7, 11) is 5.68. The van der Waals surface area contributed by atoms with Gasteiger partial charge in [0.25, 0.3) is 0 Å². The molecular weight excluding hydrogens is 287 g/mol. The predicted molar refractivity (Wildman–Crippen MR) is 101 cm³/mol. The first-order valence-corrected chi connectivity index (χ1v) is 7.76. The Balaban J connectivity index is 1.81. The fourth-order valence-corrected chi connectivity index (χ4v) is 2.25. The van der Waals surface area contributed by atoms with Gasteiger partial charge in [-0.1, -0.05) is 59.5 Å². The number of benzene rings is 3. The van der Waals surface area contributed by atoms with Gasteiger partial charge in [-0.05, 0) is 55.0 Å². The molecule has 0 amide bonds. The highest BCUT2D eigenvalue weighted by molar-refractivity contribution is 6.32. The Morgan fingerprint density at radius 1 is 0.625 bits per heavy atom. The second-order valence-corrected chi connectivity index (χ2v) is 5.52. The zero-order chi connectivity index (χ0) is 16.8. The molecule has 0 aliphatic heterocycles. The molecule has 110 valence electrons. The summed E-state index contributed by atoms with van der Waals surface area (Å²) in [6.45, 7) is 2.06. The number of aryl methyl sites for hydroxylation is 1. The Hall–Kier alpha value is -3.16. The fraction of sp³-hybridized carbons (Fsp3) is 0.0435. The van der Waals surface area contributed by atoms with Crippen LogP contribution in [0.4, 0.5) is 0 Å². The van der Waals surface area contributed by atoms with Crippen LogP contribution in [0.5, 0.6) is 0 Å². The summed E-state index contributed by atoms with van der Waals surface area (Å²) in [6.07, 6.45) is 0. The lowest BCUT2D eigenvalue weighted by atomic mass is 9.95. The van der Waals surface area contributed by atoms with E-state index in [0.717, 1.165) is 33.3 Å². The zero-order valence-electron chi connectivity index (χ0n) is 13.5. The Morgan fingerprint density at radius 2 is 1.21 bits per heavy atom. The van der Waals surface area contributed by atoms with Crippen molar-refractivity contribution in [2.45, 2.75) is 6.92 Å². The van der Waals surface area contributed by atoms with Crippen LogP contribution in [0.15, 0.2) is 72.8 Å². The summed E-state index contributed by atoms with van der Waals surface area (Å²) in [5.74, 6) is 12.7. The van der Waals surface area contributed by atoms with Crippen molar-refractivity contribution in [3.63, 3.8) is 0 Å². The van der Waals surface area contributed by atoms with E-state index < -0.39 is 0 Å². The summed E-state index contributed by atoms with van der Waals surface area (Å²) >= 11 is 0. The summed E-state index contributed by atoms with van der Waals surface area (Å²) < 4.78 is 0. The molecule has 0 bridgehead atoms. The minimum Gasteiger partial charge on any atom is -0.0966 e. The van der Waals surface area contributed by atoms with Crippen LogP contribution in [0.1, 0.15) is 27.8 Å². The van der Waals surface area contributed by atoms with Gasteiger partial charge in [-0.3, -0.25) is 0 Å². The lowest BCUT2D eigenvalue weighted by Crippen LogP contribution is -1.99. The molecule has 3 aromatic rings. The Bertz CT molecular complexity index is 960. The quantitative estimate of drug-likeness (QED) is 0.440. The third kappa shape index (κ3) is 4.19. The van der Waals surface area contributed by atoms with E-state index in [2.05, 4.69) is 36.7 Å². The molecule has 3 rings (SSSR count). The maximum Gasteiger partial charge on any atom is 0.113 e. The van der Waals surface area contributed by atoms with E-state index in [1.54, 1.807) is 0 Å². The highest BCUT2D eigenvalue weighted by Crippen LogP contribution is 2.10. The number of rotatable bonds is 0. The van der Waals surface area contributed by atoms with Crippen LogP contribution < -0.4 is 5.46 Å². The molecule has 3 aromatic carbocycles. The molecule has 0 unspecified atom stereocenters. The van der Waals surface area contributed by atoms with Crippen molar-refractivity contribution in [1.82, 2.24) is 0 Å². The van der Waals surface area contributed by atoms with Gasteiger partial charge in [0.05, 0.1) is 0 Å². The van der Waals surface area contributed by atoms with E-state index in [9.17, 15) is 0 Å². The average molecular weight is 302 g/mol. The van der Waals surface area contributed by atoms with Crippen LogP contribution in [-0.4, -0.2) is 7.85 Å². The van der Waals surface area contributed by atoms with Crippen molar-refractivity contribution >= 4 is 13.3 Å². The van der Waals surface area contributed by atoms with Crippen LogP contribution in [0, 0.1) is 30.6 Å². The van der Waals surface area contributed by atoms with Gasteiger partial charge < -0.3 is 0 Å². The SMILES string of the molecule is [B]c1ccc(C#Cc2ccc(C#Cc3ccccc3)c(C)c2)cc1. The Labute approximate surface area is 145 Å². The van der Waals surface area contributed by atoms with E-state index in [-0.39, 0.29) is 0 Å². The molecule has 1 heteroatoms. The number of hydrogen-bond donors (Lipinski definition) is 0. The van der Waals surface area contributed by atoms with Gasteiger partial charge >= 0.3 is 0 Å². The normalized spacial score (nSPS) is 9.38. The molecule has 0 atom stereocenters. The largest absolute Gasteiger partial charge is 0.113 e. The van der Waals surface area contributed by atoms with Crippen LogP contribution in [-0.2, 0) is 0 Å². The molecule has 0 aliphatic rings. The predicted octanol–water partition coefficient (Wildman–Crippen LogP) is 3.59. The van der Waals surface area contributed by atoms with E-state index in [1.807, 2.05) is 66.7 Å². The molecule has 0 heterocycles. The first-order valence-electron chi connectivity index (χ1n) is 7.76. The highest BCUT2D eigenvalue weighted by Gasteiger charge is 1.96. The van der Waals surface area contributed by atoms with Gasteiger partial charge in [0, 0.05) is 22.3 Å². The summed E-state index contributed by atoms with van der Waals surface area (Å²) in [5, 5.41) is 0. The minimum atomic E-state index is 0.748. The van der Waals surface area contributed by atoms with E-state index in [0.29, 0.717) is 0 Å². The molecule has 0 aliphatic carbocycles. The van der Waals surface area contributed by atoms with Gasteiger partial charge in [-0.25, -0.2) is 0 Å².